The molecule has 0 bridgehead atoms. The van der Waals surface area contributed by atoms with Crippen LogP contribution in [0.2, 0.25) is 0 Å². The molecule has 0 aromatic heterocycles. The Bertz CT molecular complexity index is 164. The fourth-order valence-electron chi connectivity index (χ4n) is 0.391. The lowest BCUT2D eigenvalue weighted by atomic mass is 10.4. The third-order valence-corrected chi connectivity index (χ3v) is 2.44. The normalized spacial score (nSPS) is 15.2. The molecule has 0 fully saturated rings. The molecule has 0 amide bonds. The number of carbonyl (C=O) groups is 2. The summed E-state index contributed by atoms with van der Waals surface area (Å²) in [6, 6.07) is -0.989. The minimum absolute atomic E-state index is 0.114. The van der Waals surface area contributed by atoms with E-state index in [1.165, 1.54) is 6.92 Å². The van der Waals surface area contributed by atoms with E-state index >= 15 is 0 Å². The molecule has 0 aliphatic rings. The molecule has 0 heterocycles. The summed E-state index contributed by atoms with van der Waals surface area (Å²) in [5.74, 6) is -1.96. The molecule has 0 saturated carbocycles. The third-order valence-electron chi connectivity index (χ3n) is 1.19. The lowest BCUT2D eigenvalue weighted by Crippen LogP contribution is -2.33. The first-order valence-electron chi connectivity index (χ1n) is 3.28. The van der Waals surface area contributed by atoms with Crippen molar-refractivity contribution in [2.75, 3.05) is 5.75 Å². The molecule has 0 aliphatic carbocycles. The Morgan fingerprint density at radius 1 is 1.42 bits per heavy atom. The summed E-state index contributed by atoms with van der Waals surface area (Å²) < 4.78 is 0. The second kappa shape index (κ2) is 5.00. The predicted molar refractivity (Wildman–Crippen MR) is 45.2 cm³/mol. The van der Waals surface area contributed by atoms with Crippen LogP contribution in [-0.4, -0.2) is 39.2 Å². The molecular formula is C6H11NO4S. The Labute approximate surface area is 73.9 Å². The lowest BCUT2D eigenvalue weighted by molar-refractivity contribution is -0.138. The van der Waals surface area contributed by atoms with E-state index in [0.717, 1.165) is 11.8 Å². The highest BCUT2D eigenvalue weighted by Crippen LogP contribution is 2.10. The van der Waals surface area contributed by atoms with Crippen molar-refractivity contribution >= 4 is 23.7 Å². The van der Waals surface area contributed by atoms with Crippen molar-refractivity contribution in [1.29, 1.82) is 0 Å². The van der Waals surface area contributed by atoms with Gasteiger partial charge in [-0.3, -0.25) is 9.59 Å². The van der Waals surface area contributed by atoms with Crippen molar-refractivity contribution in [2.45, 2.75) is 18.2 Å². The van der Waals surface area contributed by atoms with Gasteiger partial charge in [0.1, 0.15) is 6.04 Å². The van der Waals surface area contributed by atoms with Crippen LogP contribution < -0.4 is 5.73 Å². The van der Waals surface area contributed by atoms with Crippen LogP contribution in [0.1, 0.15) is 6.92 Å². The van der Waals surface area contributed by atoms with Gasteiger partial charge in [0.2, 0.25) is 0 Å². The van der Waals surface area contributed by atoms with Gasteiger partial charge >= 0.3 is 11.9 Å². The first-order chi connectivity index (χ1) is 5.45. The molecule has 0 aliphatic heterocycles. The lowest BCUT2D eigenvalue weighted by Gasteiger charge is -2.08. The largest absolute Gasteiger partial charge is 0.480 e. The highest BCUT2D eigenvalue weighted by atomic mass is 32.2. The first kappa shape index (κ1) is 11.2. The van der Waals surface area contributed by atoms with Crippen LogP contribution in [0.25, 0.3) is 0 Å². The summed E-state index contributed by atoms with van der Waals surface area (Å²) in [6.45, 7) is 1.49. The van der Waals surface area contributed by atoms with Crippen molar-refractivity contribution in [2.24, 2.45) is 5.73 Å². The predicted octanol–water partition coefficient (Wildman–Crippen LogP) is -0.395. The monoisotopic (exact) mass is 193 g/mol. The Hall–Kier alpha value is -0.750. The summed E-state index contributed by atoms with van der Waals surface area (Å²) >= 11 is 1.02. The molecule has 5 nitrogen and oxygen atoms in total. The van der Waals surface area contributed by atoms with Crippen molar-refractivity contribution in [3.05, 3.63) is 0 Å². The van der Waals surface area contributed by atoms with Crippen LogP contribution in [0.4, 0.5) is 0 Å². The Balaban J connectivity index is 3.68. The zero-order chi connectivity index (χ0) is 9.72. The van der Waals surface area contributed by atoms with Crippen LogP contribution in [0, 0.1) is 0 Å². The molecule has 1 unspecified atom stereocenters. The minimum Gasteiger partial charge on any atom is -0.480 e. The molecule has 0 saturated heterocycles. The van der Waals surface area contributed by atoms with Gasteiger partial charge in [0.05, 0.1) is 5.25 Å². The molecule has 0 rings (SSSR count). The van der Waals surface area contributed by atoms with Gasteiger partial charge in [0.25, 0.3) is 0 Å². The summed E-state index contributed by atoms with van der Waals surface area (Å²) in [7, 11) is 0. The van der Waals surface area contributed by atoms with E-state index in [9.17, 15) is 9.59 Å². The fourth-order valence-corrected chi connectivity index (χ4v) is 1.17. The molecule has 4 N–H and O–H groups in total. The Morgan fingerprint density at radius 3 is 2.25 bits per heavy atom. The number of carboxylic acids is 2. The van der Waals surface area contributed by atoms with Gasteiger partial charge < -0.3 is 15.9 Å². The number of carboxylic acid groups (broad SMARTS) is 2. The van der Waals surface area contributed by atoms with Gasteiger partial charge in [-0.15, -0.1) is 11.8 Å². The molecular weight excluding hydrogens is 182 g/mol. The van der Waals surface area contributed by atoms with Crippen molar-refractivity contribution in [3.63, 3.8) is 0 Å². The molecule has 0 spiro atoms. The summed E-state index contributed by atoms with van der Waals surface area (Å²) in [5.41, 5.74) is 5.15. The average Bonchev–Trinajstić information content (AvgIpc) is 1.98. The zero-order valence-corrected chi connectivity index (χ0v) is 7.37. The van der Waals surface area contributed by atoms with E-state index < -0.39 is 23.2 Å². The maximum Gasteiger partial charge on any atom is 0.321 e. The number of rotatable bonds is 5. The van der Waals surface area contributed by atoms with E-state index in [1.54, 1.807) is 0 Å². The Kier molecular flexibility index (Phi) is 4.68. The van der Waals surface area contributed by atoms with Crippen molar-refractivity contribution in [3.8, 4) is 0 Å². The van der Waals surface area contributed by atoms with E-state index in [1.807, 2.05) is 0 Å². The maximum atomic E-state index is 10.3. The molecule has 0 aromatic carbocycles. The van der Waals surface area contributed by atoms with Crippen LogP contribution in [0.3, 0.4) is 0 Å². The number of hydrogen-bond donors (Lipinski definition) is 3. The number of thioether (sulfide) groups is 1. The van der Waals surface area contributed by atoms with E-state index in [4.69, 9.17) is 15.9 Å². The van der Waals surface area contributed by atoms with Crippen LogP contribution in [-0.2, 0) is 9.59 Å². The smallest absolute Gasteiger partial charge is 0.321 e. The number of hydrogen-bond acceptors (Lipinski definition) is 4. The highest BCUT2D eigenvalue weighted by molar-refractivity contribution is 8.00. The summed E-state index contributed by atoms with van der Waals surface area (Å²) in [6.07, 6.45) is 0. The molecule has 12 heavy (non-hydrogen) atoms. The highest BCUT2D eigenvalue weighted by Gasteiger charge is 2.16. The van der Waals surface area contributed by atoms with Crippen LogP contribution in [0.15, 0.2) is 0 Å². The minimum atomic E-state index is -1.11. The second-order valence-corrected chi connectivity index (χ2v) is 3.63. The third kappa shape index (κ3) is 4.20. The van der Waals surface area contributed by atoms with Gasteiger partial charge in [-0.05, 0) is 6.92 Å². The fraction of sp³-hybridized carbons (Fsp3) is 0.667. The Morgan fingerprint density at radius 2 is 1.92 bits per heavy atom. The number of aliphatic carboxylic acids is 2. The SMILES string of the molecule is CC(SC[C@H](N)C(=O)O)C(=O)O. The first-order valence-corrected chi connectivity index (χ1v) is 4.32. The quantitative estimate of drug-likeness (QED) is 0.549. The van der Waals surface area contributed by atoms with E-state index in [2.05, 4.69) is 0 Å². The van der Waals surface area contributed by atoms with E-state index in [0.29, 0.717) is 0 Å². The van der Waals surface area contributed by atoms with Crippen LogP contribution in [0.5, 0.6) is 0 Å². The van der Waals surface area contributed by atoms with Crippen molar-refractivity contribution < 1.29 is 19.8 Å². The molecule has 0 radical (unpaired) electrons. The zero-order valence-electron chi connectivity index (χ0n) is 6.56. The standard InChI is InChI=1S/C6H11NO4S/c1-3(5(8)9)12-2-4(7)6(10)11/h3-4H,2,7H2,1H3,(H,8,9)(H,10,11)/t3?,4-/m0/s1. The van der Waals surface area contributed by atoms with E-state index in [-0.39, 0.29) is 5.75 Å². The summed E-state index contributed by atoms with van der Waals surface area (Å²) in [4.78, 5) is 20.5. The molecule has 6 heteroatoms. The maximum absolute atomic E-state index is 10.3. The second-order valence-electron chi connectivity index (χ2n) is 2.26. The van der Waals surface area contributed by atoms with Gasteiger partial charge in [-0.2, -0.15) is 0 Å². The van der Waals surface area contributed by atoms with Gasteiger partial charge in [0.15, 0.2) is 0 Å². The van der Waals surface area contributed by atoms with Gasteiger partial charge in [-0.1, -0.05) is 0 Å². The summed E-state index contributed by atoms with van der Waals surface area (Å²) in [5, 5.41) is 16.2. The number of nitrogens with two attached hydrogens (primary N) is 1. The van der Waals surface area contributed by atoms with Crippen LogP contribution >= 0.6 is 11.8 Å². The molecule has 2 atom stereocenters. The molecule has 70 valence electrons. The average molecular weight is 193 g/mol. The topological polar surface area (TPSA) is 101 Å². The van der Waals surface area contributed by atoms with Gasteiger partial charge in [0, 0.05) is 5.75 Å². The molecule has 0 aromatic rings. The van der Waals surface area contributed by atoms with Gasteiger partial charge in [-0.25, -0.2) is 0 Å². The van der Waals surface area contributed by atoms with Crippen molar-refractivity contribution in [1.82, 2.24) is 0 Å².